The maximum Gasteiger partial charge on any atom is 0.233 e. The van der Waals surface area contributed by atoms with E-state index in [1.54, 1.807) is 12.1 Å². The van der Waals surface area contributed by atoms with E-state index >= 15 is 0 Å². The molecule has 2 N–H and O–H groups in total. The van der Waals surface area contributed by atoms with Crippen molar-refractivity contribution in [3.63, 3.8) is 0 Å². The average Bonchev–Trinajstić information content (AvgIpc) is 2.67. The second kappa shape index (κ2) is 10.4. The molecule has 0 saturated carbocycles. The monoisotopic (exact) mass is 376 g/mol. The van der Waals surface area contributed by atoms with Gasteiger partial charge in [-0.1, -0.05) is 11.6 Å². The van der Waals surface area contributed by atoms with Crippen LogP contribution in [-0.2, 0) is 9.59 Å². The van der Waals surface area contributed by atoms with Crippen molar-refractivity contribution in [3.05, 3.63) is 23.8 Å². The molecule has 0 spiro atoms. The minimum absolute atomic E-state index is 0.240. The zero-order valence-corrected chi connectivity index (χ0v) is 16.2. The van der Waals surface area contributed by atoms with Gasteiger partial charge in [0.25, 0.3) is 0 Å². The highest BCUT2D eigenvalue weighted by atomic mass is 16.5. The SMILES string of the molecule is COc1cc(NC(=O)CC(=O)NCCC2=CCCCC2)cc(OC)c1OC. The van der Waals surface area contributed by atoms with E-state index in [1.807, 2.05) is 0 Å². The summed E-state index contributed by atoms with van der Waals surface area (Å²) in [6.07, 6.45) is 7.56. The van der Waals surface area contributed by atoms with Gasteiger partial charge in [0.15, 0.2) is 11.5 Å². The Hall–Kier alpha value is -2.70. The van der Waals surface area contributed by atoms with Crippen molar-refractivity contribution < 1.29 is 23.8 Å². The minimum Gasteiger partial charge on any atom is -0.493 e. The Morgan fingerprint density at radius 2 is 1.70 bits per heavy atom. The number of carbonyl (C=O) groups is 2. The van der Waals surface area contributed by atoms with Gasteiger partial charge < -0.3 is 24.8 Å². The number of anilines is 1. The molecule has 2 rings (SSSR count). The first-order valence-electron chi connectivity index (χ1n) is 9.11. The molecule has 0 fully saturated rings. The third kappa shape index (κ3) is 6.20. The van der Waals surface area contributed by atoms with E-state index in [4.69, 9.17) is 14.2 Å². The maximum absolute atomic E-state index is 12.1. The fourth-order valence-corrected chi connectivity index (χ4v) is 3.06. The van der Waals surface area contributed by atoms with Crippen LogP contribution in [0.3, 0.4) is 0 Å². The van der Waals surface area contributed by atoms with Gasteiger partial charge in [-0.2, -0.15) is 0 Å². The Morgan fingerprint density at radius 1 is 1.00 bits per heavy atom. The largest absolute Gasteiger partial charge is 0.493 e. The van der Waals surface area contributed by atoms with Gasteiger partial charge in [-0.3, -0.25) is 9.59 Å². The molecule has 0 radical (unpaired) electrons. The Kier molecular flexibility index (Phi) is 7.98. The highest BCUT2D eigenvalue weighted by Crippen LogP contribution is 2.39. The van der Waals surface area contributed by atoms with Gasteiger partial charge in [0.2, 0.25) is 17.6 Å². The van der Waals surface area contributed by atoms with Gasteiger partial charge in [-0.15, -0.1) is 0 Å². The van der Waals surface area contributed by atoms with Crippen LogP contribution in [0.15, 0.2) is 23.8 Å². The van der Waals surface area contributed by atoms with Crippen molar-refractivity contribution >= 4 is 17.5 Å². The fraction of sp³-hybridized carbons (Fsp3) is 0.500. The van der Waals surface area contributed by atoms with Crippen LogP contribution in [-0.4, -0.2) is 39.7 Å². The Balaban J connectivity index is 1.85. The molecule has 0 bridgehead atoms. The summed E-state index contributed by atoms with van der Waals surface area (Å²) in [4.78, 5) is 24.1. The van der Waals surface area contributed by atoms with E-state index in [-0.39, 0.29) is 12.3 Å². The van der Waals surface area contributed by atoms with Gasteiger partial charge in [0, 0.05) is 24.4 Å². The number of carbonyl (C=O) groups excluding carboxylic acids is 2. The van der Waals surface area contributed by atoms with Gasteiger partial charge in [-0.25, -0.2) is 0 Å². The molecule has 1 aromatic rings. The van der Waals surface area contributed by atoms with E-state index in [2.05, 4.69) is 16.7 Å². The van der Waals surface area contributed by atoms with E-state index in [1.165, 1.54) is 39.7 Å². The van der Waals surface area contributed by atoms with Crippen molar-refractivity contribution in [2.45, 2.75) is 38.5 Å². The predicted molar refractivity (Wildman–Crippen MR) is 104 cm³/mol. The molecule has 2 amide bonds. The first kappa shape index (κ1) is 20.6. The molecule has 1 aromatic carbocycles. The zero-order valence-electron chi connectivity index (χ0n) is 16.2. The topological polar surface area (TPSA) is 85.9 Å². The molecule has 0 aromatic heterocycles. The van der Waals surface area contributed by atoms with Crippen LogP contribution < -0.4 is 24.8 Å². The van der Waals surface area contributed by atoms with E-state index in [9.17, 15) is 9.59 Å². The number of benzene rings is 1. The van der Waals surface area contributed by atoms with Crippen LogP contribution in [0.1, 0.15) is 38.5 Å². The van der Waals surface area contributed by atoms with Crippen LogP contribution in [0.4, 0.5) is 5.69 Å². The van der Waals surface area contributed by atoms with Gasteiger partial charge in [0.1, 0.15) is 6.42 Å². The van der Waals surface area contributed by atoms with Crippen molar-refractivity contribution in [1.29, 1.82) is 0 Å². The molecule has 0 unspecified atom stereocenters. The number of rotatable bonds is 9. The molecule has 7 nitrogen and oxygen atoms in total. The van der Waals surface area contributed by atoms with E-state index in [0.29, 0.717) is 29.5 Å². The highest BCUT2D eigenvalue weighted by molar-refractivity contribution is 6.03. The van der Waals surface area contributed by atoms with Crippen LogP contribution in [0.2, 0.25) is 0 Å². The summed E-state index contributed by atoms with van der Waals surface area (Å²) in [6, 6.07) is 3.24. The molecular formula is C20H28N2O5. The Labute approximate surface area is 160 Å². The second-order valence-electron chi connectivity index (χ2n) is 6.35. The van der Waals surface area contributed by atoms with Crippen LogP contribution in [0, 0.1) is 0 Å². The molecule has 0 aliphatic heterocycles. The van der Waals surface area contributed by atoms with Gasteiger partial charge >= 0.3 is 0 Å². The fourth-order valence-electron chi connectivity index (χ4n) is 3.06. The van der Waals surface area contributed by atoms with Crippen molar-refractivity contribution in [2.24, 2.45) is 0 Å². The molecule has 7 heteroatoms. The van der Waals surface area contributed by atoms with E-state index in [0.717, 1.165) is 19.3 Å². The van der Waals surface area contributed by atoms with E-state index < -0.39 is 5.91 Å². The lowest BCUT2D eigenvalue weighted by Crippen LogP contribution is -2.29. The smallest absolute Gasteiger partial charge is 0.233 e. The molecule has 0 saturated heterocycles. The lowest BCUT2D eigenvalue weighted by atomic mass is 9.97. The minimum atomic E-state index is -0.404. The summed E-state index contributed by atoms with van der Waals surface area (Å²) in [6.45, 7) is 0.558. The van der Waals surface area contributed by atoms with Crippen molar-refractivity contribution in [3.8, 4) is 17.2 Å². The third-order valence-electron chi connectivity index (χ3n) is 4.42. The van der Waals surface area contributed by atoms with Crippen LogP contribution in [0.5, 0.6) is 17.2 Å². The molecular weight excluding hydrogens is 348 g/mol. The number of amides is 2. The summed E-state index contributed by atoms with van der Waals surface area (Å²) in [7, 11) is 4.50. The number of methoxy groups -OCH3 is 3. The lowest BCUT2D eigenvalue weighted by molar-refractivity contribution is -0.126. The van der Waals surface area contributed by atoms with Crippen molar-refractivity contribution in [2.75, 3.05) is 33.2 Å². The summed E-state index contributed by atoms with van der Waals surface area (Å²) in [5, 5.41) is 5.49. The third-order valence-corrected chi connectivity index (χ3v) is 4.42. The molecule has 1 aliphatic rings. The highest BCUT2D eigenvalue weighted by Gasteiger charge is 2.16. The van der Waals surface area contributed by atoms with Gasteiger partial charge in [-0.05, 0) is 32.1 Å². The number of allylic oxidation sites excluding steroid dienone is 1. The average molecular weight is 376 g/mol. The number of hydrogen-bond donors (Lipinski definition) is 2. The van der Waals surface area contributed by atoms with Crippen molar-refractivity contribution in [1.82, 2.24) is 5.32 Å². The van der Waals surface area contributed by atoms with Crippen LogP contribution >= 0.6 is 0 Å². The molecule has 27 heavy (non-hydrogen) atoms. The number of nitrogens with one attached hydrogen (secondary N) is 2. The molecule has 0 atom stereocenters. The lowest BCUT2D eigenvalue weighted by Gasteiger charge is -2.15. The second-order valence-corrected chi connectivity index (χ2v) is 6.35. The first-order chi connectivity index (χ1) is 13.1. The number of hydrogen-bond acceptors (Lipinski definition) is 5. The Bertz CT molecular complexity index is 675. The maximum atomic E-state index is 12.1. The quantitative estimate of drug-likeness (QED) is 0.511. The zero-order chi connectivity index (χ0) is 19.6. The summed E-state index contributed by atoms with van der Waals surface area (Å²) in [5.41, 5.74) is 1.86. The number of ether oxygens (including phenoxy) is 3. The Morgan fingerprint density at radius 3 is 2.26 bits per heavy atom. The standard InChI is InChI=1S/C20H28N2O5/c1-25-16-11-15(12-17(26-2)20(16)27-3)22-19(24)13-18(23)21-10-9-14-7-5-4-6-8-14/h7,11-12H,4-6,8-10,13H2,1-3H3,(H,21,23)(H,22,24). The molecule has 148 valence electrons. The molecule has 1 aliphatic carbocycles. The summed E-state index contributed by atoms with van der Waals surface area (Å²) < 4.78 is 15.7. The van der Waals surface area contributed by atoms with Gasteiger partial charge in [0.05, 0.1) is 21.3 Å². The predicted octanol–water partition coefficient (Wildman–Crippen LogP) is 3.05. The van der Waals surface area contributed by atoms with Crippen LogP contribution in [0.25, 0.3) is 0 Å². The molecule has 0 heterocycles. The summed E-state index contributed by atoms with van der Waals surface area (Å²) >= 11 is 0. The normalized spacial score (nSPS) is 13.4. The first-order valence-corrected chi connectivity index (χ1v) is 9.11. The summed E-state index contributed by atoms with van der Waals surface area (Å²) in [5.74, 6) is 0.595.